The predicted octanol–water partition coefficient (Wildman–Crippen LogP) is 3.95. The Hall–Kier alpha value is -1.03. The highest BCUT2D eigenvalue weighted by atomic mass is 79.9. The number of hydrogen-bond acceptors (Lipinski definition) is 2. The fourth-order valence-electron chi connectivity index (χ4n) is 1.77. The number of halogens is 1. The molecule has 0 atom stereocenters. The maximum absolute atomic E-state index is 11.7. The monoisotopic (exact) mass is 312 g/mol. The first-order chi connectivity index (χ1) is 8.19. The van der Waals surface area contributed by atoms with E-state index in [1.54, 1.807) is 0 Å². The van der Waals surface area contributed by atoms with Crippen molar-refractivity contribution in [3.63, 3.8) is 0 Å². The summed E-state index contributed by atoms with van der Waals surface area (Å²) in [7, 11) is 0. The van der Waals surface area contributed by atoms with Crippen molar-refractivity contribution in [2.45, 2.75) is 41.0 Å². The molecule has 0 fully saturated rings. The van der Waals surface area contributed by atoms with Crippen molar-refractivity contribution >= 4 is 27.5 Å². The van der Waals surface area contributed by atoms with E-state index in [0.717, 1.165) is 21.3 Å². The third kappa shape index (κ3) is 4.69. The highest BCUT2D eigenvalue weighted by Gasteiger charge is 2.16. The first kappa shape index (κ1) is 15.0. The molecule has 0 heterocycles. The number of carbonyl (C=O) groups is 1. The van der Waals surface area contributed by atoms with Crippen LogP contribution in [-0.4, -0.2) is 5.91 Å². The Morgan fingerprint density at radius 3 is 2.17 bits per heavy atom. The fourth-order valence-corrected chi connectivity index (χ4v) is 2.45. The van der Waals surface area contributed by atoms with Gasteiger partial charge in [0.1, 0.15) is 0 Å². The minimum atomic E-state index is -0.00440. The summed E-state index contributed by atoms with van der Waals surface area (Å²) in [6.07, 6.45) is 0.495. The summed E-state index contributed by atoms with van der Waals surface area (Å²) in [4.78, 5) is 11.7. The van der Waals surface area contributed by atoms with Gasteiger partial charge in [-0.15, -0.1) is 0 Å². The average Bonchev–Trinajstić information content (AvgIpc) is 2.12. The molecule has 0 saturated heterocycles. The number of nitrogens with one attached hydrogen (secondary N) is 2. The van der Waals surface area contributed by atoms with Gasteiger partial charge in [-0.2, -0.15) is 0 Å². The average molecular weight is 313 g/mol. The molecule has 0 bridgehead atoms. The maximum Gasteiger partial charge on any atom is 0.238 e. The van der Waals surface area contributed by atoms with Crippen LogP contribution in [0.15, 0.2) is 16.6 Å². The molecule has 4 heteroatoms. The molecule has 0 spiro atoms. The zero-order valence-electron chi connectivity index (χ0n) is 11.6. The van der Waals surface area contributed by atoms with E-state index in [1.807, 2.05) is 46.8 Å². The van der Waals surface area contributed by atoms with Gasteiger partial charge in [-0.05, 0) is 42.5 Å². The molecule has 1 aromatic carbocycles. The molecule has 18 heavy (non-hydrogen) atoms. The smallest absolute Gasteiger partial charge is 0.238 e. The summed E-state index contributed by atoms with van der Waals surface area (Å²) in [6, 6.07) is 4.04. The summed E-state index contributed by atoms with van der Waals surface area (Å²) >= 11 is 3.45. The number of rotatable bonds is 3. The van der Waals surface area contributed by atoms with Gasteiger partial charge in [-0.1, -0.05) is 36.7 Å². The van der Waals surface area contributed by atoms with Gasteiger partial charge in [0.05, 0.1) is 5.69 Å². The normalized spacial score (nSPS) is 11.2. The van der Waals surface area contributed by atoms with Crippen LogP contribution in [0.1, 0.15) is 38.3 Å². The zero-order valence-corrected chi connectivity index (χ0v) is 13.2. The Bertz CT molecular complexity index is 427. The maximum atomic E-state index is 11.7. The van der Waals surface area contributed by atoms with E-state index in [-0.39, 0.29) is 11.3 Å². The second-order valence-corrected chi connectivity index (χ2v) is 6.74. The minimum Gasteiger partial charge on any atom is -0.298 e. The molecule has 1 aromatic rings. The number of carbonyl (C=O) groups excluding carboxylic acids is 1. The largest absolute Gasteiger partial charge is 0.298 e. The van der Waals surface area contributed by atoms with Crippen LogP contribution in [-0.2, 0) is 4.79 Å². The molecule has 100 valence electrons. The summed E-state index contributed by atoms with van der Waals surface area (Å²) in [5, 5.41) is 0. The minimum absolute atomic E-state index is 0.00391. The van der Waals surface area contributed by atoms with Crippen molar-refractivity contribution in [1.29, 1.82) is 0 Å². The van der Waals surface area contributed by atoms with E-state index in [4.69, 9.17) is 0 Å². The van der Waals surface area contributed by atoms with Crippen LogP contribution in [0, 0.1) is 19.3 Å². The van der Waals surface area contributed by atoms with Gasteiger partial charge in [0.15, 0.2) is 0 Å². The number of anilines is 1. The van der Waals surface area contributed by atoms with Crippen LogP contribution in [0.25, 0.3) is 0 Å². The van der Waals surface area contributed by atoms with E-state index in [0.29, 0.717) is 6.42 Å². The van der Waals surface area contributed by atoms with Crippen LogP contribution in [0.4, 0.5) is 5.69 Å². The Balaban J connectivity index is 2.67. The SMILES string of the molecule is Cc1cc(Br)cc(C)c1NNC(=O)CC(C)(C)C. The van der Waals surface area contributed by atoms with Crippen LogP contribution in [0.3, 0.4) is 0 Å². The van der Waals surface area contributed by atoms with Crippen LogP contribution < -0.4 is 10.9 Å². The number of hydrazine groups is 1. The van der Waals surface area contributed by atoms with E-state index in [9.17, 15) is 4.79 Å². The molecule has 0 aromatic heterocycles. The Kier molecular flexibility index (Phi) is 4.79. The molecule has 1 amide bonds. The van der Waals surface area contributed by atoms with E-state index < -0.39 is 0 Å². The summed E-state index contributed by atoms with van der Waals surface area (Å²) < 4.78 is 1.05. The number of amides is 1. The first-order valence-corrected chi connectivity index (χ1v) is 6.80. The van der Waals surface area contributed by atoms with Crippen molar-refractivity contribution in [2.24, 2.45) is 5.41 Å². The van der Waals surface area contributed by atoms with Gasteiger partial charge in [-0.25, -0.2) is 0 Å². The standard InChI is InChI=1S/C14H21BrN2O/c1-9-6-11(15)7-10(2)13(9)17-16-12(18)8-14(3,4)5/h6-7,17H,8H2,1-5H3,(H,16,18). The van der Waals surface area contributed by atoms with Crippen LogP contribution in [0.5, 0.6) is 0 Å². The lowest BCUT2D eigenvalue weighted by molar-refractivity contribution is -0.122. The summed E-state index contributed by atoms with van der Waals surface area (Å²) in [5.74, 6) is 0.00391. The van der Waals surface area contributed by atoms with Crippen molar-refractivity contribution in [3.05, 3.63) is 27.7 Å². The molecule has 0 aliphatic carbocycles. The lowest BCUT2D eigenvalue weighted by Gasteiger charge is -2.19. The van der Waals surface area contributed by atoms with E-state index >= 15 is 0 Å². The Morgan fingerprint density at radius 2 is 1.72 bits per heavy atom. The molecule has 0 saturated carbocycles. The van der Waals surface area contributed by atoms with Crippen LogP contribution >= 0.6 is 15.9 Å². The summed E-state index contributed by atoms with van der Waals surface area (Å²) in [6.45, 7) is 10.2. The second-order valence-electron chi connectivity index (χ2n) is 5.83. The highest BCUT2D eigenvalue weighted by Crippen LogP contribution is 2.24. The topological polar surface area (TPSA) is 41.1 Å². The highest BCUT2D eigenvalue weighted by molar-refractivity contribution is 9.10. The fraction of sp³-hybridized carbons (Fsp3) is 0.500. The molecular weight excluding hydrogens is 292 g/mol. The lowest BCUT2D eigenvalue weighted by atomic mass is 9.92. The molecule has 1 rings (SSSR count). The number of aryl methyl sites for hydroxylation is 2. The molecule has 0 aliphatic heterocycles. The lowest BCUT2D eigenvalue weighted by Crippen LogP contribution is -2.32. The van der Waals surface area contributed by atoms with Gasteiger partial charge in [0.2, 0.25) is 5.91 Å². The number of benzene rings is 1. The first-order valence-electron chi connectivity index (χ1n) is 6.00. The summed E-state index contributed by atoms with van der Waals surface area (Å²) in [5.41, 5.74) is 8.91. The van der Waals surface area contributed by atoms with Gasteiger partial charge in [0, 0.05) is 10.9 Å². The molecule has 2 N–H and O–H groups in total. The van der Waals surface area contributed by atoms with E-state index in [1.165, 1.54) is 0 Å². The van der Waals surface area contributed by atoms with Crippen molar-refractivity contribution in [1.82, 2.24) is 5.43 Å². The van der Waals surface area contributed by atoms with Gasteiger partial charge in [0.25, 0.3) is 0 Å². The Morgan fingerprint density at radius 1 is 1.22 bits per heavy atom. The van der Waals surface area contributed by atoms with Crippen molar-refractivity contribution < 1.29 is 4.79 Å². The van der Waals surface area contributed by atoms with Gasteiger partial charge >= 0.3 is 0 Å². The molecule has 0 aliphatic rings. The van der Waals surface area contributed by atoms with E-state index in [2.05, 4.69) is 26.8 Å². The number of hydrogen-bond donors (Lipinski definition) is 2. The molecule has 0 unspecified atom stereocenters. The molecule has 3 nitrogen and oxygen atoms in total. The van der Waals surface area contributed by atoms with Gasteiger partial charge in [-0.3, -0.25) is 15.6 Å². The molecule has 0 radical (unpaired) electrons. The quantitative estimate of drug-likeness (QED) is 0.830. The van der Waals surface area contributed by atoms with Crippen molar-refractivity contribution in [2.75, 3.05) is 5.43 Å². The third-order valence-electron chi connectivity index (χ3n) is 2.52. The van der Waals surface area contributed by atoms with Crippen LogP contribution in [0.2, 0.25) is 0 Å². The predicted molar refractivity (Wildman–Crippen MR) is 79.5 cm³/mol. The van der Waals surface area contributed by atoms with Crippen molar-refractivity contribution in [3.8, 4) is 0 Å². The molecular formula is C14H21BrN2O. The zero-order chi connectivity index (χ0) is 13.9. The third-order valence-corrected chi connectivity index (χ3v) is 2.97. The van der Waals surface area contributed by atoms with Gasteiger partial charge < -0.3 is 0 Å². The second kappa shape index (κ2) is 5.74. The Labute approximate surface area is 117 Å².